The molecule has 0 heterocycles. The molecule has 0 aliphatic carbocycles. The van der Waals surface area contributed by atoms with Crippen molar-refractivity contribution >= 4 is 11.8 Å². The molecule has 0 unspecified atom stereocenters. The van der Waals surface area contributed by atoms with Crippen molar-refractivity contribution in [2.24, 2.45) is 0 Å². The van der Waals surface area contributed by atoms with Gasteiger partial charge in [0.1, 0.15) is 5.66 Å². The summed E-state index contributed by atoms with van der Waals surface area (Å²) in [6.07, 6.45) is 3.12. The first kappa shape index (κ1) is 13.9. The minimum absolute atomic E-state index is 0.150. The lowest BCUT2D eigenvalue weighted by Gasteiger charge is -2.34. The molecule has 87 valence electrons. The average molecular weight is 213 g/mol. The molecule has 2 amide bonds. The lowest BCUT2D eigenvalue weighted by molar-refractivity contribution is -0.125. The van der Waals surface area contributed by atoms with Crippen molar-refractivity contribution in [3.05, 3.63) is 6.92 Å². The molecule has 15 heavy (non-hydrogen) atoms. The summed E-state index contributed by atoms with van der Waals surface area (Å²) in [5.74, 6) is -0.299. The van der Waals surface area contributed by atoms with Crippen molar-refractivity contribution in [1.82, 2.24) is 10.6 Å². The summed E-state index contributed by atoms with van der Waals surface area (Å²) in [5.41, 5.74) is -0.673. The molecule has 0 atom stereocenters. The van der Waals surface area contributed by atoms with E-state index in [4.69, 9.17) is 0 Å². The van der Waals surface area contributed by atoms with Crippen molar-refractivity contribution in [3.63, 3.8) is 0 Å². The van der Waals surface area contributed by atoms with Crippen molar-refractivity contribution in [1.29, 1.82) is 0 Å². The standard InChI is InChI=1S/C11H21N2O2/c1-5-7-8-11(6-2,12-9(3)14)13-10(4)15/h2,5-8H2,1,3-4H3,(H,12,14)(H,13,15). The monoisotopic (exact) mass is 213 g/mol. The number of hydrogen-bond acceptors (Lipinski definition) is 2. The highest BCUT2D eigenvalue weighted by atomic mass is 16.2. The van der Waals surface area contributed by atoms with Crippen molar-refractivity contribution in [3.8, 4) is 0 Å². The third-order valence-corrected chi connectivity index (χ3v) is 2.21. The summed E-state index contributed by atoms with van der Waals surface area (Å²) < 4.78 is 0. The van der Waals surface area contributed by atoms with Crippen LogP contribution >= 0.6 is 0 Å². The molecule has 0 spiro atoms. The predicted octanol–water partition coefficient (Wildman–Crippen LogP) is 1.37. The molecule has 0 aromatic rings. The third-order valence-electron chi connectivity index (χ3n) is 2.21. The molecule has 2 N–H and O–H groups in total. The van der Waals surface area contributed by atoms with Crippen LogP contribution in [0, 0.1) is 6.92 Å². The molecule has 0 bridgehead atoms. The molecule has 0 saturated heterocycles. The highest BCUT2D eigenvalue weighted by Crippen LogP contribution is 2.15. The van der Waals surface area contributed by atoms with E-state index in [2.05, 4.69) is 24.5 Å². The van der Waals surface area contributed by atoms with Gasteiger partial charge in [0.2, 0.25) is 11.8 Å². The number of rotatable bonds is 6. The maximum atomic E-state index is 11.1. The van der Waals surface area contributed by atoms with Gasteiger partial charge in [-0.1, -0.05) is 13.3 Å². The van der Waals surface area contributed by atoms with Crippen LogP contribution in [0.25, 0.3) is 0 Å². The summed E-state index contributed by atoms with van der Waals surface area (Å²) in [6, 6.07) is 0. The van der Waals surface area contributed by atoms with Gasteiger partial charge in [-0.3, -0.25) is 9.59 Å². The Morgan fingerprint density at radius 3 is 1.93 bits per heavy atom. The molecule has 0 rings (SSSR count). The van der Waals surface area contributed by atoms with E-state index in [0.29, 0.717) is 12.8 Å². The zero-order chi connectivity index (χ0) is 11.9. The first-order valence-corrected chi connectivity index (χ1v) is 5.32. The quantitative estimate of drug-likeness (QED) is 0.655. The van der Waals surface area contributed by atoms with E-state index in [1.807, 2.05) is 0 Å². The number of hydrogen-bond donors (Lipinski definition) is 2. The maximum Gasteiger partial charge on any atom is 0.218 e. The zero-order valence-corrected chi connectivity index (χ0v) is 9.85. The lowest BCUT2D eigenvalue weighted by Crippen LogP contribution is -2.59. The van der Waals surface area contributed by atoms with Gasteiger partial charge in [-0.05, 0) is 26.2 Å². The summed E-state index contributed by atoms with van der Waals surface area (Å²) >= 11 is 0. The van der Waals surface area contributed by atoms with Crippen molar-refractivity contribution in [2.45, 2.75) is 52.1 Å². The van der Waals surface area contributed by atoms with Gasteiger partial charge in [0, 0.05) is 13.8 Å². The Hall–Kier alpha value is -1.06. The van der Waals surface area contributed by atoms with Crippen molar-refractivity contribution in [2.75, 3.05) is 0 Å². The Labute approximate surface area is 91.8 Å². The molecular weight excluding hydrogens is 192 g/mol. The Balaban J connectivity index is 4.58. The molecule has 0 aliphatic heterocycles. The van der Waals surface area contributed by atoms with E-state index in [0.717, 1.165) is 12.8 Å². The van der Waals surface area contributed by atoms with Crippen LogP contribution in [0.1, 0.15) is 46.5 Å². The fourth-order valence-electron chi connectivity index (χ4n) is 1.56. The molecule has 0 aromatic carbocycles. The van der Waals surface area contributed by atoms with E-state index >= 15 is 0 Å². The molecule has 0 aliphatic rings. The first-order valence-electron chi connectivity index (χ1n) is 5.32. The molecular formula is C11H21N2O2. The van der Waals surface area contributed by atoms with Crippen LogP contribution in [0.5, 0.6) is 0 Å². The van der Waals surface area contributed by atoms with Crippen LogP contribution in [-0.2, 0) is 9.59 Å². The summed E-state index contributed by atoms with van der Waals surface area (Å²) in [6.45, 7) is 8.74. The lowest BCUT2D eigenvalue weighted by atomic mass is 9.99. The highest BCUT2D eigenvalue weighted by Gasteiger charge is 2.28. The fourth-order valence-corrected chi connectivity index (χ4v) is 1.56. The molecule has 1 radical (unpaired) electrons. The molecule has 4 nitrogen and oxygen atoms in total. The van der Waals surface area contributed by atoms with Crippen molar-refractivity contribution < 1.29 is 9.59 Å². The van der Waals surface area contributed by atoms with Crippen LogP contribution in [-0.4, -0.2) is 17.5 Å². The van der Waals surface area contributed by atoms with Gasteiger partial charge in [-0.15, -0.1) is 0 Å². The number of carbonyl (C=O) groups excluding carboxylic acids is 2. The van der Waals surface area contributed by atoms with E-state index < -0.39 is 5.66 Å². The second-order valence-electron chi connectivity index (χ2n) is 3.80. The minimum atomic E-state index is -0.673. The second kappa shape index (κ2) is 6.43. The molecule has 4 heteroatoms. The van der Waals surface area contributed by atoms with Crippen LogP contribution in [0.2, 0.25) is 0 Å². The normalized spacial score (nSPS) is 10.9. The van der Waals surface area contributed by atoms with E-state index in [1.165, 1.54) is 13.8 Å². The molecule has 0 aromatic heterocycles. The number of unbranched alkanes of at least 4 members (excludes halogenated alkanes) is 1. The topological polar surface area (TPSA) is 58.2 Å². The summed E-state index contributed by atoms with van der Waals surface area (Å²) in [4.78, 5) is 22.1. The Morgan fingerprint density at radius 2 is 1.67 bits per heavy atom. The van der Waals surface area contributed by atoms with Gasteiger partial charge >= 0.3 is 0 Å². The van der Waals surface area contributed by atoms with Gasteiger partial charge in [-0.25, -0.2) is 0 Å². The van der Waals surface area contributed by atoms with Crippen LogP contribution < -0.4 is 10.6 Å². The summed E-state index contributed by atoms with van der Waals surface area (Å²) in [7, 11) is 0. The number of nitrogens with one attached hydrogen (secondary N) is 2. The first-order chi connectivity index (χ1) is 6.95. The van der Waals surface area contributed by atoms with E-state index in [1.54, 1.807) is 0 Å². The van der Waals surface area contributed by atoms with Gasteiger partial charge in [0.05, 0.1) is 0 Å². The Bertz CT molecular complexity index is 211. The SMILES string of the molecule is [CH2]CC(CCCC)(NC(C)=O)NC(C)=O. The Kier molecular flexibility index (Phi) is 5.97. The Morgan fingerprint density at radius 1 is 1.20 bits per heavy atom. The maximum absolute atomic E-state index is 11.1. The molecule has 0 saturated carbocycles. The minimum Gasteiger partial charge on any atom is -0.334 e. The van der Waals surface area contributed by atoms with E-state index in [9.17, 15) is 9.59 Å². The highest BCUT2D eigenvalue weighted by molar-refractivity contribution is 5.77. The average Bonchev–Trinajstić information content (AvgIpc) is 2.12. The smallest absolute Gasteiger partial charge is 0.218 e. The summed E-state index contributed by atoms with van der Waals surface area (Å²) in [5, 5.41) is 5.55. The van der Waals surface area contributed by atoms with Gasteiger partial charge in [0.15, 0.2) is 0 Å². The zero-order valence-electron chi connectivity index (χ0n) is 9.85. The van der Waals surface area contributed by atoms with Gasteiger partial charge in [0.25, 0.3) is 0 Å². The van der Waals surface area contributed by atoms with Crippen LogP contribution in [0.15, 0.2) is 0 Å². The van der Waals surface area contributed by atoms with Gasteiger partial charge in [-0.2, -0.15) is 0 Å². The largest absolute Gasteiger partial charge is 0.334 e. The van der Waals surface area contributed by atoms with E-state index in [-0.39, 0.29) is 11.8 Å². The molecule has 0 fully saturated rings. The predicted molar refractivity (Wildman–Crippen MR) is 59.9 cm³/mol. The van der Waals surface area contributed by atoms with Crippen LogP contribution in [0.3, 0.4) is 0 Å². The third kappa shape index (κ3) is 5.40. The number of amides is 2. The van der Waals surface area contributed by atoms with Gasteiger partial charge < -0.3 is 10.6 Å². The second-order valence-corrected chi connectivity index (χ2v) is 3.80. The number of carbonyl (C=O) groups is 2. The van der Waals surface area contributed by atoms with Crippen LogP contribution in [0.4, 0.5) is 0 Å². The fraction of sp³-hybridized carbons (Fsp3) is 0.727.